The molecule has 3 aliphatic rings. The van der Waals surface area contributed by atoms with Gasteiger partial charge in [-0.15, -0.1) is 0 Å². The fourth-order valence-corrected chi connectivity index (χ4v) is 6.61. The van der Waals surface area contributed by atoms with Crippen molar-refractivity contribution in [2.24, 2.45) is 34.9 Å². The highest BCUT2D eigenvalue weighted by Gasteiger charge is 2.30. The first-order chi connectivity index (χ1) is 38.4. The Labute approximate surface area is 431 Å². The van der Waals surface area contributed by atoms with Crippen molar-refractivity contribution in [1.29, 1.82) is 0 Å². The molecule has 0 bridgehead atoms. The summed E-state index contributed by atoms with van der Waals surface area (Å²) >= 11 is 0. The SMILES string of the molecule is [2H]C([2H])([2H])C1([2H])CCC(Nc2nc(NC(C)(C)C)ncc2C(N)=O)CC1([2H])O.[2H]C1(Nc2nc(NC(C)(C)C)ncc2C(N)=O)CCC([2H])(C([2H])([2H])[2H])C([2H])(O)C1.[2H]C1([2H])C(Nc2nc(NC(C)(C)C)ncc2C(N)=O)CCC([2H])(C([2H])([2H])[2H])C1O. The van der Waals surface area contributed by atoms with Gasteiger partial charge in [0.2, 0.25) is 17.8 Å². The largest absolute Gasteiger partial charge is 0.393 e. The molecular weight excluding hydrogens is 883 g/mol. The van der Waals surface area contributed by atoms with Crippen molar-refractivity contribution in [2.45, 2.75) is 194 Å². The van der Waals surface area contributed by atoms with Gasteiger partial charge in [-0.2, -0.15) is 15.0 Å². The molecule has 3 amide bonds. The minimum Gasteiger partial charge on any atom is -0.393 e. The van der Waals surface area contributed by atoms with Crippen LogP contribution in [0.3, 0.4) is 0 Å². The van der Waals surface area contributed by atoms with E-state index in [0.717, 1.165) is 0 Å². The molecule has 0 radical (unpaired) electrons. The normalized spacial score (nSPS) is 36.3. The number of hydrogen-bond acceptors (Lipinski definition) is 18. The average Bonchev–Trinajstić information content (AvgIpc) is 0.775. The van der Waals surface area contributed by atoms with E-state index in [1.807, 2.05) is 62.3 Å². The lowest BCUT2D eigenvalue weighted by atomic mass is 9.85. The maximum atomic E-state index is 11.8. The number of carbonyl (C=O) groups excluding carboxylic acids is 3. The van der Waals surface area contributed by atoms with E-state index in [-0.39, 0.29) is 107 Å². The standard InChI is InChI=1S/3C16H27N5O2/c3*1-9-5-6-10(7-12(9)22)19-14-11(13(17)23)8-18-15(20-14)21-16(2,3)4/h3*8-10,12,22H,5-7H2,1-4H3,(H2,17,23)(H2,18,19,20,21)/i1D3,9D,10D,12D;1D3,9D,12D;1D3,7D2,9D. The van der Waals surface area contributed by atoms with Crippen LogP contribution in [0.1, 0.15) is 195 Å². The molecular formula is C48H81N15O6. The van der Waals surface area contributed by atoms with E-state index in [0.29, 0.717) is 0 Å². The quantitative estimate of drug-likeness (QED) is 0.110. The molecule has 384 valence electrons. The number of carbonyl (C=O) groups is 3. The molecule has 3 saturated carbocycles. The monoisotopic (exact) mass is 981 g/mol. The van der Waals surface area contributed by atoms with Crippen molar-refractivity contribution >= 4 is 53.0 Å². The van der Waals surface area contributed by atoms with Gasteiger partial charge in [0.05, 0.1) is 39.1 Å². The Morgan fingerprint density at radius 3 is 1.30 bits per heavy atom. The number of anilines is 6. The summed E-state index contributed by atoms with van der Waals surface area (Å²) < 4.78 is 133. The van der Waals surface area contributed by atoms with Crippen molar-refractivity contribution in [3.63, 3.8) is 0 Å². The van der Waals surface area contributed by atoms with Crippen molar-refractivity contribution in [3.8, 4) is 0 Å². The Morgan fingerprint density at radius 2 is 0.928 bits per heavy atom. The second-order valence-electron chi connectivity index (χ2n) is 19.8. The number of aliphatic hydroxyl groups excluding tert-OH is 1. The molecule has 0 saturated heterocycles. The molecule has 21 heteroatoms. The molecule has 3 aromatic heterocycles. The minimum absolute atomic E-state index is 0.0338. The molecule has 0 spiro atoms. The predicted octanol–water partition coefficient (Wildman–Crippen LogP) is 5.24. The van der Waals surface area contributed by atoms with Crippen LogP contribution in [0, 0.1) is 17.7 Å². The van der Waals surface area contributed by atoms with E-state index in [1.165, 1.54) is 18.6 Å². The number of aliphatic hydroxyl groups is 3. The molecule has 0 aliphatic heterocycles. The van der Waals surface area contributed by atoms with E-state index in [1.54, 1.807) is 0 Å². The first-order valence-electron chi connectivity index (χ1n) is 30.7. The first-order valence-corrected chi connectivity index (χ1v) is 22.2. The van der Waals surface area contributed by atoms with Gasteiger partial charge in [0.25, 0.3) is 17.7 Å². The summed E-state index contributed by atoms with van der Waals surface area (Å²) in [6.07, 6.45) is -8.07. The van der Waals surface area contributed by atoms with Crippen LogP contribution in [0.5, 0.6) is 0 Å². The number of rotatable bonds is 12. The van der Waals surface area contributed by atoms with Crippen LogP contribution in [0.15, 0.2) is 18.6 Å². The van der Waals surface area contributed by atoms with Gasteiger partial charge >= 0.3 is 0 Å². The van der Waals surface area contributed by atoms with E-state index >= 15 is 0 Å². The maximum Gasteiger partial charge on any atom is 0.254 e. The van der Waals surface area contributed by atoms with Gasteiger partial charge in [0, 0.05) is 72.5 Å². The topological polar surface area (TPSA) is 339 Å². The van der Waals surface area contributed by atoms with Gasteiger partial charge < -0.3 is 64.4 Å². The lowest BCUT2D eigenvalue weighted by Gasteiger charge is -2.32. The van der Waals surface area contributed by atoms with Crippen LogP contribution >= 0.6 is 0 Å². The zero-order valence-electron chi connectivity index (χ0n) is 57.6. The molecule has 9 unspecified atom stereocenters. The number of nitrogens with two attached hydrogens (primary N) is 3. The molecule has 69 heavy (non-hydrogen) atoms. The smallest absolute Gasteiger partial charge is 0.254 e. The fraction of sp³-hybridized carbons (Fsp3) is 0.688. The van der Waals surface area contributed by atoms with Crippen LogP contribution in [-0.2, 0) is 0 Å². The van der Waals surface area contributed by atoms with Gasteiger partial charge in [-0.25, -0.2) is 15.0 Å². The lowest BCUT2D eigenvalue weighted by molar-refractivity contribution is 0.0737. The number of primary amides is 3. The first kappa shape index (κ1) is 35.4. The van der Waals surface area contributed by atoms with Crippen LogP contribution in [-0.4, -0.2) is 116 Å². The predicted molar refractivity (Wildman–Crippen MR) is 271 cm³/mol. The van der Waals surface area contributed by atoms with Crippen molar-refractivity contribution in [1.82, 2.24) is 29.9 Å². The van der Waals surface area contributed by atoms with Crippen molar-refractivity contribution in [3.05, 3.63) is 35.3 Å². The highest BCUT2D eigenvalue weighted by molar-refractivity contribution is 5.98. The maximum absolute atomic E-state index is 11.8. The Morgan fingerprint density at radius 1 is 0.565 bits per heavy atom. The zero-order valence-corrected chi connectivity index (χ0v) is 40.6. The van der Waals surface area contributed by atoms with E-state index in [9.17, 15) is 29.7 Å². The van der Waals surface area contributed by atoms with Crippen LogP contribution in [0.25, 0.3) is 0 Å². The zero-order chi connectivity index (χ0) is 66.4. The van der Waals surface area contributed by atoms with Gasteiger partial charge in [0.1, 0.15) is 17.5 Å². The average molecular weight is 981 g/mol. The van der Waals surface area contributed by atoms with Crippen LogP contribution in [0.4, 0.5) is 35.3 Å². The number of amides is 3. The third kappa shape index (κ3) is 18.3. The third-order valence-corrected chi connectivity index (χ3v) is 9.90. The molecule has 3 fully saturated rings. The lowest BCUT2D eigenvalue weighted by Crippen LogP contribution is -2.36. The summed E-state index contributed by atoms with van der Waals surface area (Å²) in [6.45, 7) is 8.44. The second-order valence-corrected chi connectivity index (χ2v) is 19.8. The number of nitrogens with one attached hydrogen (secondary N) is 6. The Hall–Kier alpha value is -5.67. The number of aromatic nitrogens is 6. The third-order valence-electron chi connectivity index (χ3n) is 9.90. The van der Waals surface area contributed by atoms with Gasteiger partial charge in [-0.05, 0) is 138 Å². The van der Waals surface area contributed by atoms with Gasteiger partial charge in [-0.1, -0.05) is 20.6 Å². The molecule has 6 rings (SSSR count). The van der Waals surface area contributed by atoms with E-state index in [4.69, 9.17) is 40.5 Å². The Kier molecular flexibility index (Phi) is 12.2. The summed E-state index contributed by atoms with van der Waals surface area (Å²) in [4.78, 5) is 60.0. The van der Waals surface area contributed by atoms with Gasteiger partial charge in [0.15, 0.2) is 0 Å². The number of hydrogen-bond donors (Lipinski definition) is 12. The summed E-state index contributed by atoms with van der Waals surface area (Å²) in [6, 6.07) is -3.42. The molecule has 3 aromatic rings. The van der Waals surface area contributed by atoms with Crippen molar-refractivity contribution < 1.29 is 53.0 Å². The minimum atomic E-state index is -2.90. The summed E-state index contributed by atoms with van der Waals surface area (Å²) in [5, 5.41) is 48.8. The Bertz CT molecular complexity index is 2940. The van der Waals surface area contributed by atoms with E-state index in [2.05, 4.69) is 61.8 Å². The molecule has 3 aliphatic carbocycles. The van der Waals surface area contributed by atoms with Crippen LogP contribution < -0.4 is 49.1 Å². The fourth-order valence-electron chi connectivity index (χ4n) is 6.61. The van der Waals surface area contributed by atoms with Crippen molar-refractivity contribution in [2.75, 3.05) is 31.9 Å². The second kappa shape index (κ2) is 23.8. The molecule has 9 atom stereocenters. The highest BCUT2D eigenvalue weighted by atomic mass is 16.3. The summed E-state index contributed by atoms with van der Waals surface area (Å²) in [5.41, 5.74) is 14.9. The highest BCUT2D eigenvalue weighted by Crippen LogP contribution is 2.30. The van der Waals surface area contributed by atoms with Crippen LogP contribution in [0.2, 0.25) is 0 Å². The molecule has 15 N–H and O–H groups in total. The molecule has 21 nitrogen and oxygen atoms in total. The summed E-state index contributed by atoms with van der Waals surface area (Å²) in [7, 11) is 0. The Balaban J connectivity index is 0.000000276. The van der Waals surface area contributed by atoms with E-state index < -0.39 is 112 Å². The van der Waals surface area contributed by atoms with Gasteiger partial charge in [-0.3, -0.25) is 14.4 Å². The molecule has 0 aromatic carbocycles. The molecule has 3 heterocycles. The number of nitrogens with zero attached hydrogens (tertiary/aromatic N) is 6. The summed E-state index contributed by atoms with van der Waals surface area (Å²) in [5.74, 6) is -8.87.